The summed E-state index contributed by atoms with van der Waals surface area (Å²) < 4.78 is 11.9. The SMILES string of the molecule is C#Cc1cccc(Nc2c(C#N)cnc3cc(OC4CCOC4)c(N4CCC(=CC(N)=O)CC4)cc23)c1. The molecule has 8 nitrogen and oxygen atoms in total. The predicted octanol–water partition coefficient (Wildman–Crippen LogP) is 4.01. The monoisotopic (exact) mass is 493 g/mol. The third kappa shape index (κ3) is 5.35. The van der Waals surface area contributed by atoms with E-state index in [0.717, 1.165) is 52.9 Å². The summed E-state index contributed by atoms with van der Waals surface area (Å²) in [5, 5.41) is 14.1. The maximum absolute atomic E-state index is 11.4. The Hall–Kier alpha value is -4.53. The van der Waals surface area contributed by atoms with E-state index in [0.29, 0.717) is 43.1 Å². The summed E-state index contributed by atoms with van der Waals surface area (Å²) in [5.74, 6) is 2.95. The Bertz CT molecular complexity index is 1450. The number of hydrogen-bond donors (Lipinski definition) is 2. The largest absolute Gasteiger partial charge is 0.486 e. The fourth-order valence-electron chi connectivity index (χ4n) is 4.77. The van der Waals surface area contributed by atoms with Gasteiger partial charge in [0.2, 0.25) is 5.91 Å². The lowest BCUT2D eigenvalue weighted by Crippen LogP contribution is -2.32. The lowest BCUT2D eigenvalue weighted by molar-refractivity contribution is -0.113. The molecule has 186 valence electrons. The van der Waals surface area contributed by atoms with Crippen molar-refractivity contribution in [1.82, 2.24) is 4.98 Å². The Morgan fingerprint density at radius 3 is 2.84 bits per heavy atom. The first-order chi connectivity index (χ1) is 18.0. The number of carbonyl (C=O) groups excluding carboxylic acids is 1. The highest BCUT2D eigenvalue weighted by molar-refractivity contribution is 5.99. The molecule has 2 aliphatic heterocycles. The molecule has 0 aliphatic carbocycles. The summed E-state index contributed by atoms with van der Waals surface area (Å²) in [7, 11) is 0. The highest BCUT2D eigenvalue weighted by Gasteiger charge is 2.24. The van der Waals surface area contributed by atoms with Gasteiger partial charge in [-0.05, 0) is 37.1 Å². The Balaban J connectivity index is 1.58. The first-order valence-corrected chi connectivity index (χ1v) is 12.2. The molecule has 0 spiro atoms. The van der Waals surface area contributed by atoms with Gasteiger partial charge in [-0.1, -0.05) is 17.6 Å². The number of piperidine rings is 1. The predicted molar refractivity (Wildman–Crippen MR) is 143 cm³/mol. The zero-order valence-corrected chi connectivity index (χ0v) is 20.4. The number of nitrogens with two attached hydrogens (primary N) is 1. The van der Waals surface area contributed by atoms with Crippen LogP contribution in [0.25, 0.3) is 10.9 Å². The van der Waals surface area contributed by atoms with Crippen LogP contribution in [-0.4, -0.2) is 43.3 Å². The number of nitrogens with one attached hydrogen (secondary N) is 1. The van der Waals surface area contributed by atoms with Crippen LogP contribution in [0.5, 0.6) is 5.75 Å². The Morgan fingerprint density at radius 1 is 1.30 bits per heavy atom. The second kappa shape index (κ2) is 10.6. The highest BCUT2D eigenvalue weighted by atomic mass is 16.5. The van der Waals surface area contributed by atoms with E-state index in [1.54, 1.807) is 6.20 Å². The number of pyridine rings is 1. The number of hydrogen-bond acceptors (Lipinski definition) is 7. The van der Waals surface area contributed by atoms with Crippen molar-refractivity contribution in [3.8, 4) is 24.2 Å². The molecule has 37 heavy (non-hydrogen) atoms. The van der Waals surface area contributed by atoms with Crippen molar-refractivity contribution in [1.29, 1.82) is 5.26 Å². The van der Waals surface area contributed by atoms with Crippen molar-refractivity contribution >= 4 is 33.9 Å². The minimum Gasteiger partial charge on any atom is -0.486 e. The van der Waals surface area contributed by atoms with Gasteiger partial charge in [-0.25, -0.2) is 0 Å². The van der Waals surface area contributed by atoms with E-state index in [1.165, 1.54) is 6.08 Å². The second-order valence-electron chi connectivity index (χ2n) is 9.14. The van der Waals surface area contributed by atoms with Crippen LogP contribution in [-0.2, 0) is 9.53 Å². The number of nitriles is 1. The number of nitrogens with zero attached hydrogens (tertiary/aromatic N) is 3. The van der Waals surface area contributed by atoms with Crippen LogP contribution in [0.4, 0.5) is 17.1 Å². The molecule has 2 saturated heterocycles. The van der Waals surface area contributed by atoms with Crippen molar-refractivity contribution in [2.24, 2.45) is 5.73 Å². The van der Waals surface area contributed by atoms with Gasteiger partial charge in [-0.15, -0.1) is 6.42 Å². The van der Waals surface area contributed by atoms with Crippen molar-refractivity contribution in [3.05, 3.63) is 65.4 Å². The number of rotatable bonds is 6. The topological polar surface area (TPSA) is 114 Å². The van der Waals surface area contributed by atoms with Gasteiger partial charge in [0, 0.05) is 54.5 Å². The van der Waals surface area contributed by atoms with Crippen molar-refractivity contribution in [3.63, 3.8) is 0 Å². The molecular formula is C29H27N5O3. The molecule has 3 aromatic rings. The third-order valence-electron chi connectivity index (χ3n) is 6.64. The van der Waals surface area contributed by atoms with E-state index in [1.807, 2.05) is 36.4 Å². The summed E-state index contributed by atoms with van der Waals surface area (Å²) in [4.78, 5) is 18.2. The average Bonchev–Trinajstić information content (AvgIpc) is 3.42. The summed E-state index contributed by atoms with van der Waals surface area (Å²) in [5.41, 5.74) is 10.6. The summed E-state index contributed by atoms with van der Waals surface area (Å²) in [6.07, 6.45) is 10.9. The van der Waals surface area contributed by atoms with Crippen molar-refractivity contribution in [2.45, 2.75) is 25.4 Å². The van der Waals surface area contributed by atoms with Crippen molar-refractivity contribution in [2.75, 3.05) is 36.5 Å². The maximum Gasteiger partial charge on any atom is 0.241 e. The fraction of sp³-hybridized carbons (Fsp3) is 0.276. The van der Waals surface area contributed by atoms with Gasteiger partial charge in [0.15, 0.2) is 0 Å². The number of fused-ring (bicyclic) bond motifs is 1. The normalized spacial score (nSPS) is 17.2. The van der Waals surface area contributed by atoms with E-state index in [4.69, 9.17) is 21.6 Å². The second-order valence-corrected chi connectivity index (χ2v) is 9.14. The molecule has 5 rings (SSSR count). The minimum absolute atomic E-state index is 0.0335. The smallest absolute Gasteiger partial charge is 0.241 e. The molecule has 0 bridgehead atoms. The Labute approximate surface area is 215 Å². The molecule has 8 heteroatoms. The molecule has 1 amide bonds. The van der Waals surface area contributed by atoms with Gasteiger partial charge in [0.25, 0.3) is 0 Å². The lowest BCUT2D eigenvalue weighted by atomic mass is 10.0. The molecule has 2 fully saturated rings. The van der Waals surface area contributed by atoms with E-state index in [9.17, 15) is 10.1 Å². The first kappa shape index (κ1) is 24.2. The number of amides is 1. The van der Waals surface area contributed by atoms with E-state index in [-0.39, 0.29) is 6.10 Å². The molecule has 0 radical (unpaired) electrons. The van der Waals surface area contributed by atoms with E-state index < -0.39 is 5.91 Å². The van der Waals surface area contributed by atoms with E-state index >= 15 is 0 Å². The number of anilines is 3. The number of carbonyl (C=O) groups is 1. The van der Waals surface area contributed by atoms with Crippen LogP contribution in [0.3, 0.4) is 0 Å². The third-order valence-corrected chi connectivity index (χ3v) is 6.64. The van der Waals surface area contributed by atoms with Crippen LogP contribution in [0, 0.1) is 23.7 Å². The lowest BCUT2D eigenvalue weighted by Gasteiger charge is -2.32. The van der Waals surface area contributed by atoms with Gasteiger partial charge >= 0.3 is 0 Å². The number of benzene rings is 2. The fourth-order valence-corrected chi connectivity index (χ4v) is 4.77. The molecule has 1 unspecified atom stereocenters. The van der Waals surface area contributed by atoms with Crippen LogP contribution < -0.4 is 20.7 Å². The van der Waals surface area contributed by atoms with Gasteiger partial charge in [0.05, 0.1) is 35.7 Å². The Morgan fingerprint density at radius 2 is 2.14 bits per heavy atom. The zero-order chi connectivity index (χ0) is 25.8. The average molecular weight is 494 g/mol. The van der Waals surface area contributed by atoms with Gasteiger partial charge in [-0.2, -0.15) is 5.26 Å². The van der Waals surface area contributed by atoms with Crippen LogP contribution in [0.1, 0.15) is 30.4 Å². The zero-order valence-electron chi connectivity index (χ0n) is 20.4. The number of primary amides is 1. The standard InChI is InChI=1S/C29H27N5O3/c1-2-19-4-3-5-22(12-19)33-29-21(16-30)17-32-25-15-27(37-23-8-11-36-18-23)26(14-24(25)29)34-9-6-20(7-10-34)13-28(31)35/h1,3-5,12-15,17,23H,6-11,18H2,(H2,31,35)(H,32,33). The molecule has 3 heterocycles. The van der Waals surface area contributed by atoms with Crippen molar-refractivity contribution < 1.29 is 14.3 Å². The summed E-state index contributed by atoms with van der Waals surface area (Å²) >= 11 is 0. The molecule has 3 N–H and O–H groups in total. The molecule has 2 aromatic carbocycles. The van der Waals surface area contributed by atoms with Gasteiger partial charge in [-0.3, -0.25) is 9.78 Å². The molecule has 1 atom stereocenters. The summed E-state index contributed by atoms with van der Waals surface area (Å²) in [6, 6.07) is 13.7. The minimum atomic E-state index is -0.417. The van der Waals surface area contributed by atoms with Crippen LogP contribution >= 0.6 is 0 Å². The molecule has 2 aliphatic rings. The molecular weight excluding hydrogens is 466 g/mol. The maximum atomic E-state index is 11.4. The van der Waals surface area contributed by atoms with Crippen LogP contribution in [0.2, 0.25) is 0 Å². The summed E-state index contributed by atoms with van der Waals surface area (Å²) in [6.45, 7) is 2.64. The van der Waals surface area contributed by atoms with Gasteiger partial charge < -0.3 is 25.4 Å². The van der Waals surface area contributed by atoms with Crippen LogP contribution in [0.15, 0.2) is 54.2 Å². The van der Waals surface area contributed by atoms with Gasteiger partial charge in [0.1, 0.15) is 17.9 Å². The first-order valence-electron chi connectivity index (χ1n) is 12.2. The quantitative estimate of drug-likeness (QED) is 0.394. The number of ether oxygens (including phenoxy) is 2. The highest BCUT2D eigenvalue weighted by Crippen LogP contribution is 2.40. The van der Waals surface area contributed by atoms with E-state index in [2.05, 4.69) is 27.2 Å². The molecule has 0 saturated carbocycles. The Kier molecular flexibility index (Phi) is 6.93. The number of aromatic nitrogens is 1. The number of terminal acetylenes is 1. The molecule has 1 aromatic heterocycles.